The fraction of sp³-hybridized carbons (Fsp3) is 0.618. The number of aromatic hydroxyl groups is 1. The molecule has 7 aliphatic rings. The van der Waals surface area contributed by atoms with Crippen molar-refractivity contribution < 1.29 is 86.8 Å². The van der Waals surface area contributed by atoms with Crippen LogP contribution < -0.4 is 15.5 Å². The van der Waals surface area contributed by atoms with E-state index in [0.29, 0.717) is 13.1 Å². The number of carbonyl (C=O) groups excluding carboxylic acids is 7. The van der Waals surface area contributed by atoms with Gasteiger partial charge in [0.05, 0.1) is 64.6 Å². The number of amides is 2. The topological polar surface area (TPSA) is 281 Å². The Kier molecular flexibility index (Phi) is 17.8. The molecule has 21 nitrogen and oxygen atoms in total. The number of ether oxygens (including phenoxy) is 8. The Bertz CT molecular complexity index is 2580. The third-order valence-corrected chi connectivity index (χ3v) is 15.4. The molecule has 14 atom stereocenters. The van der Waals surface area contributed by atoms with Crippen LogP contribution in [-0.4, -0.2) is 142 Å². The van der Waals surface area contributed by atoms with Gasteiger partial charge in [-0.1, -0.05) is 45.4 Å². The Balaban J connectivity index is 1.26. The van der Waals surface area contributed by atoms with Crippen molar-refractivity contribution in [3.63, 3.8) is 0 Å². The van der Waals surface area contributed by atoms with Gasteiger partial charge in [0.15, 0.2) is 12.1 Å². The molecule has 1 aromatic rings. The minimum Gasteiger partial charge on any atom is -0.507 e. The second-order valence-corrected chi connectivity index (χ2v) is 21.7. The lowest BCUT2D eigenvalue weighted by atomic mass is 9.77. The highest BCUT2D eigenvalue weighted by atomic mass is 16.7. The SMILES string of the molecule is CC(=O)O[C@H]1[C@H](C)[C@H](O)[C@H](C)[C@@H](O)[C@@H](C(C)OC(=O)C(C)(C)CC(=O)NN2CCCCC2)/C=C/C=C(/C)C(=O)NC2=CC(=O)c3c(c(O)c(C)c4c3C(=O)[C@@](C)(O/C=C/[C@H](O[C@H]3C[C@@H]5OCO[C@@H]5[C@@H](C)O3)[C@H]1C)O4)C2=O. The number of fused-ring (bicyclic) bond motifs is 15. The van der Waals surface area contributed by atoms with E-state index in [-0.39, 0.29) is 60.2 Å². The smallest absolute Gasteiger partial charge is 0.312 e. The lowest BCUT2D eigenvalue weighted by molar-refractivity contribution is -0.246. The van der Waals surface area contributed by atoms with Crippen LogP contribution in [0.4, 0.5) is 0 Å². The number of esters is 2. The molecule has 0 saturated carbocycles. The van der Waals surface area contributed by atoms with Crippen LogP contribution in [-0.2, 0) is 52.3 Å². The highest BCUT2D eigenvalue weighted by Gasteiger charge is 2.52. The minimum atomic E-state index is -2.18. The fourth-order valence-electron chi connectivity index (χ4n) is 10.7. The molecule has 1 unspecified atom stereocenters. The first-order valence-corrected chi connectivity index (χ1v) is 26.0. The normalized spacial score (nSPS) is 34.5. The fourth-order valence-corrected chi connectivity index (χ4v) is 10.7. The average molecular weight is 1060 g/mol. The lowest BCUT2D eigenvalue weighted by Gasteiger charge is -2.41. The zero-order valence-electron chi connectivity index (χ0n) is 45.0. The van der Waals surface area contributed by atoms with Gasteiger partial charge in [-0.15, -0.1) is 0 Å². The van der Waals surface area contributed by atoms with Crippen molar-refractivity contribution in [3.05, 3.63) is 70.2 Å². The molecule has 416 valence electrons. The van der Waals surface area contributed by atoms with Gasteiger partial charge in [0.2, 0.25) is 11.7 Å². The summed E-state index contributed by atoms with van der Waals surface area (Å²) in [6, 6.07) is 0. The standard InChI is InChI=1S/C55H73N3O18/c1-26-16-15-17-34(31(6)73-53(68)54(9,10)24-39(61)57-58-19-13-12-14-20-58)45(63)28(3)44(62)29(4)48(74-33(8)59)27(2)37(75-40-23-38-50(32(7)72-40)70-25-69-38)18-21-71-55(11)51(66)43-41-36(60)22-35(56-52(26)67)47(65)42(41)46(64)30(5)49(43)76-55/h15-18,21-22,27-29,31-32,34,37-38,40,44-45,48,50,62-64H,12-14,19-20,23-25H2,1-11H3,(H,56,67)(H,57,61)/b17-15+,21-18+,26-16-/t27-,28+,29-,31?,32-,34-,37+,38+,40+,44-,45-,48-,50-,55+/m1/s1. The van der Waals surface area contributed by atoms with Crippen molar-refractivity contribution in [2.45, 2.75) is 169 Å². The quantitative estimate of drug-likeness (QED) is 0.209. The molecule has 21 heteroatoms. The number of hydrazine groups is 1. The number of Topliss-reactive ketones (excluding diaryl/α,β-unsaturated/α-hetero) is 2. The summed E-state index contributed by atoms with van der Waals surface area (Å²) in [5, 5.41) is 40.3. The number of aliphatic hydroxyl groups excluding tert-OH is 2. The Morgan fingerprint density at radius 2 is 1.64 bits per heavy atom. The van der Waals surface area contributed by atoms with E-state index >= 15 is 0 Å². The molecule has 1 aliphatic carbocycles. The maximum Gasteiger partial charge on any atom is 0.312 e. The van der Waals surface area contributed by atoms with Gasteiger partial charge in [-0.3, -0.25) is 39.0 Å². The van der Waals surface area contributed by atoms with Crippen LogP contribution in [0, 0.1) is 36.0 Å². The number of phenolic OH excluding ortho intramolecular Hbond substituents is 1. The van der Waals surface area contributed by atoms with Gasteiger partial charge in [-0.05, 0) is 60.5 Å². The first kappa shape index (κ1) is 57.9. The van der Waals surface area contributed by atoms with E-state index in [9.17, 15) is 48.9 Å². The van der Waals surface area contributed by atoms with Gasteiger partial charge in [0.25, 0.3) is 11.7 Å². The number of allylic oxidation sites excluding steroid dienone is 4. The van der Waals surface area contributed by atoms with Crippen molar-refractivity contribution in [1.82, 2.24) is 15.8 Å². The highest BCUT2D eigenvalue weighted by Crippen LogP contribution is 2.48. The predicted molar refractivity (Wildman–Crippen MR) is 269 cm³/mol. The van der Waals surface area contributed by atoms with Crippen molar-refractivity contribution in [2.24, 2.45) is 29.1 Å². The molecular formula is C55H73N3O18. The van der Waals surface area contributed by atoms with E-state index in [1.165, 1.54) is 52.0 Å². The molecule has 6 aliphatic heterocycles. The number of aliphatic hydroxyl groups is 2. The van der Waals surface area contributed by atoms with Crippen molar-refractivity contribution >= 4 is 41.1 Å². The van der Waals surface area contributed by atoms with Crippen molar-refractivity contribution in [1.29, 1.82) is 0 Å². The van der Waals surface area contributed by atoms with Crippen molar-refractivity contribution in [3.8, 4) is 11.5 Å². The summed E-state index contributed by atoms with van der Waals surface area (Å²) >= 11 is 0. The second kappa shape index (κ2) is 23.4. The van der Waals surface area contributed by atoms with Crippen LogP contribution in [0.5, 0.6) is 11.5 Å². The highest BCUT2D eigenvalue weighted by molar-refractivity contribution is 6.30. The average Bonchev–Trinajstić information content (AvgIpc) is 4.03. The Hall–Kier alpha value is -5.81. The molecule has 5 bridgehead atoms. The molecule has 1 aromatic carbocycles. The van der Waals surface area contributed by atoms with Gasteiger partial charge < -0.3 is 58.5 Å². The summed E-state index contributed by atoms with van der Waals surface area (Å²) in [7, 11) is 0. The first-order valence-electron chi connectivity index (χ1n) is 26.0. The van der Waals surface area contributed by atoms with E-state index in [0.717, 1.165) is 31.6 Å². The zero-order chi connectivity index (χ0) is 55.7. The van der Waals surface area contributed by atoms with Crippen LogP contribution in [0.2, 0.25) is 0 Å². The number of phenols is 1. The molecule has 0 spiro atoms. The second-order valence-electron chi connectivity index (χ2n) is 21.7. The van der Waals surface area contributed by atoms with E-state index in [2.05, 4.69) is 10.7 Å². The Morgan fingerprint density at radius 1 is 0.947 bits per heavy atom. The lowest BCUT2D eigenvalue weighted by Crippen LogP contribution is -2.50. The van der Waals surface area contributed by atoms with Crippen LogP contribution >= 0.6 is 0 Å². The molecule has 3 fully saturated rings. The number of hydrogen-bond donors (Lipinski definition) is 5. The van der Waals surface area contributed by atoms with Gasteiger partial charge >= 0.3 is 17.7 Å². The van der Waals surface area contributed by atoms with Crippen molar-refractivity contribution in [2.75, 3.05) is 19.9 Å². The summed E-state index contributed by atoms with van der Waals surface area (Å²) < 4.78 is 48.5. The van der Waals surface area contributed by atoms with E-state index in [1.54, 1.807) is 48.5 Å². The zero-order valence-corrected chi connectivity index (χ0v) is 45.0. The van der Waals surface area contributed by atoms with Gasteiger partial charge in [-0.25, -0.2) is 5.01 Å². The molecular weight excluding hydrogens is 991 g/mol. The number of rotatable bonds is 9. The molecule has 5 N–H and O–H groups in total. The molecule has 6 heterocycles. The Labute approximate surface area is 442 Å². The summed E-state index contributed by atoms with van der Waals surface area (Å²) in [6.07, 6.45) is 2.20. The molecule has 0 aromatic heterocycles. The number of carbonyl (C=O) groups is 7. The van der Waals surface area contributed by atoms with Crippen LogP contribution in [0.25, 0.3) is 0 Å². The summed E-state index contributed by atoms with van der Waals surface area (Å²) in [6.45, 7) is 18.1. The third kappa shape index (κ3) is 12.1. The maximum absolute atomic E-state index is 14.4. The summed E-state index contributed by atoms with van der Waals surface area (Å²) in [5.74, 6) is -12.3. The summed E-state index contributed by atoms with van der Waals surface area (Å²) in [5.41, 5.74) is -0.279. The molecule has 8 rings (SSSR count). The summed E-state index contributed by atoms with van der Waals surface area (Å²) in [4.78, 5) is 96.2. The maximum atomic E-state index is 14.4. The number of nitrogens with one attached hydrogen (secondary N) is 2. The molecule has 2 amide bonds. The number of nitrogens with zero attached hydrogens (tertiary/aromatic N) is 1. The van der Waals surface area contributed by atoms with Crippen LogP contribution in [0.15, 0.2) is 47.9 Å². The largest absolute Gasteiger partial charge is 0.507 e. The molecule has 76 heavy (non-hydrogen) atoms. The van der Waals surface area contributed by atoms with Gasteiger partial charge in [-0.2, -0.15) is 0 Å². The van der Waals surface area contributed by atoms with E-state index in [1.807, 2.05) is 5.01 Å². The number of piperidine rings is 1. The van der Waals surface area contributed by atoms with Crippen LogP contribution in [0.1, 0.15) is 138 Å². The third-order valence-electron chi connectivity index (χ3n) is 15.4. The van der Waals surface area contributed by atoms with E-state index < -0.39 is 136 Å². The first-order chi connectivity index (χ1) is 35.7. The number of ketones is 3. The molecule has 3 saturated heterocycles. The van der Waals surface area contributed by atoms with E-state index in [4.69, 9.17) is 37.9 Å². The van der Waals surface area contributed by atoms with Gasteiger partial charge in [0, 0.05) is 80.7 Å². The predicted octanol–water partition coefficient (Wildman–Crippen LogP) is 4.72. The minimum absolute atomic E-state index is 0.00369. The number of hydrogen-bond acceptors (Lipinski definition) is 19. The van der Waals surface area contributed by atoms with Crippen LogP contribution in [0.3, 0.4) is 0 Å². The van der Waals surface area contributed by atoms with Gasteiger partial charge in [0.1, 0.15) is 36.6 Å². The number of benzene rings is 1. The monoisotopic (exact) mass is 1060 g/mol. The molecule has 0 radical (unpaired) electrons. The Morgan fingerprint density at radius 3 is 2.33 bits per heavy atom.